The van der Waals surface area contributed by atoms with Crippen LogP contribution >= 0.6 is 0 Å². The van der Waals surface area contributed by atoms with Gasteiger partial charge in [-0.2, -0.15) is 0 Å². The molecule has 0 aliphatic rings. The molecule has 0 aromatic heterocycles. The second-order valence-corrected chi connectivity index (χ2v) is 5.01. The van der Waals surface area contributed by atoms with Crippen molar-refractivity contribution in [2.24, 2.45) is 0 Å². The third-order valence-electron chi connectivity index (χ3n) is 3.15. The summed E-state index contributed by atoms with van der Waals surface area (Å²) < 4.78 is 5.69. The maximum atomic E-state index is 10.2. The molecule has 0 amide bonds. The summed E-state index contributed by atoms with van der Waals surface area (Å²) in [6.07, 6.45) is -0.595. The Morgan fingerprint density at radius 1 is 1.00 bits per heavy atom. The highest BCUT2D eigenvalue weighted by molar-refractivity contribution is 5.33. The van der Waals surface area contributed by atoms with Gasteiger partial charge in [0.25, 0.3) is 0 Å². The van der Waals surface area contributed by atoms with Crippen LogP contribution in [-0.2, 0) is 0 Å². The summed E-state index contributed by atoms with van der Waals surface area (Å²) in [4.78, 5) is 0. The van der Waals surface area contributed by atoms with E-state index in [1.165, 1.54) is 11.1 Å². The molecule has 0 heterocycles. The van der Waals surface area contributed by atoms with Crippen LogP contribution in [0.3, 0.4) is 0 Å². The zero-order valence-corrected chi connectivity index (χ0v) is 11.7. The Morgan fingerprint density at radius 3 is 2.26 bits per heavy atom. The summed E-state index contributed by atoms with van der Waals surface area (Å²) in [5, 5.41) is 10.2. The molecular weight excluding hydrogens is 236 g/mol. The standard InChI is InChI=1S/C17H20O2/c1-12-8-13(2)10-15(9-12)19-11-17(18)16-7-5-4-6-14(16)3/h4-10,17-18H,11H2,1-3H3. The number of hydrogen-bond donors (Lipinski definition) is 1. The first kappa shape index (κ1) is 13.6. The van der Waals surface area contributed by atoms with E-state index in [1.807, 2.05) is 57.2 Å². The summed E-state index contributed by atoms with van der Waals surface area (Å²) in [6.45, 7) is 6.35. The average molecular weight is 256 g/mol. The number of benzene rings is 2. The predicted octanol–water partition coefficient (Wildman–Crippen LogP) is 3.72. The van der Waals surface area contributed by atoms with E-state index in [9.17, 15) is 5.11 Å². The number of ether oxygens (including phenoxy) is 1. The van der Waals surface area contributed by atoms with E-state index in [1.54, 1.807) is 0 Å². The van der Waals surface area contributed by atoms with Crippen LogP contribution in [-0.4, -0.2) is 11.7 Å². The normalized spacial score (nSPS) is 12.2. The molecule has 0 radical (unpaired) electrons. The molecule has 1 atom stereocenters. The number of aliphatic hydroxyl groups is 1. The average Bonchev–Trinajstić information content (AvgIpc) is 2.35. The van der Waals surface area contributed by atoms with E-state index in [2.05, 4.69) is 6.07 Å². The molecule has 0 saturated carbocycles. The van der Waals surface area contributed by atoms with E-state index in [4.69, 9.17) is 4.74 Å². The lowest BCUT2D eigenvalue weighted by molar-refractivity contribution is 0.107. The highest BCUT2D eigenvalue weighted by Crippen LogP contribution is 2.21. The van der Waals surface area contributed by atoms with Crippen molar-refractivity contribution >= 4 is 0 Å². The van der Waals surface area contributed by atoms with Crippen molar-refractivity contribution in [2.45, 2.75) is 26.9 Å². The minimum Gasteiger partial charge on any atom is -0.491 e. The molecule has 0 bridgehead atoms. The van der Waals surface area contributed by atoms with E-state index >= 15 is 0 Å². The lowest BCUT2D eigenvalue weighted by Gasteiger charge is -2.15. The monoisotopic (exact) mass is 256 g/mol. The van der Waals surface area contributed by atoms with Gasteiger partial charge in [0, 0.05) is 0 Å². The summed E-state index contributed by atoms with van der Waals surface area (Å²) in [5.41, 5.74) is 4.34. The fraction of sp³-hybridized carbons (Fsp3) is 0.294. The molecule has 1 unspecified atom stereocenters. The second kappa shape index (κ2) is 5.89. The Bertz CT molecular complexity index is 541. The summed E-state index contributed by atoms with van der Waals surface area (Å²) in [7, 11) is 0. The van der Waals surface area contributed by atoms with Gasteiger partial charge in [0.1, 0.15) is 18.5 Å². The first-order valence-corrected chi connectivity index (χ1v) is 6.51. The van der Waals surface area contributed by atoms with Crippen molar-refractivity contribution in [1.29, 1.82) is 0 Å². The van der Waals surface area contributed by atoms with Crippen molar-refractivity contribution in [1.82, 2.24) is 0 Å². The lowest BCUT2D eigenvalue weighted by Crippen LogP contribution is -2.11. The molecule has 2 nitrogen and oxygen atoms in total. The molecule has 2 aromatic rings. The first-order valence-electron chi connectivity index (χ1n) is 6.51. The number of hydrogen-bond acceptors (Lipinski definition) is 2. The van der Waals surface area contributed by atoms with E-state index in [0.717, 1.165) is 16.9 Å². The zero-order valence-electron chi connectivity index (χ0n) is 11.7. The SMILES string of the molecule is Cc1cc(C)cc(OCC(O)c2ccccc2C)c1. The van der Waals surface area contributed by atoms with E-state index in [-0.39, 0.29) is 6.61 Å². The maximum absolute atomic E-state index is 10.2. The molecule has 2 aromatic carbocycles. The molecule has 1 N–H and O–H groups in total. The summed E-state index contributed by atoms with van der Waals surface area (Å²) in [6, 6.07) is 13.9. The Labute approximate surface area is 114 Å². The third kappa shape index (κ3) is 3.58. The molecule has 2 rings (SSSR count). The zero-order chi connectivity index (χ0) is 13.8. The smallest absolute Gasteiger partial charge is 0.119 e. The number of aliphatic hydroxyl groups excluding tert-OH is 1. The molecule has 2 heteroatoms. The highest BCUT2D eigenvalue weighted by Gasteiger charge is 2.10. The Balaban J connectivity index is 2.04. The second-order valence-electron chi connectivity index (χ2n) is 5.01. The van der Waals surface area contributed by atoms with Crippen LogP contribution in [0.1, 0.15) is 28.4 Å². The van der Waals surface area contributed by atoms with Crippen LogP contribution in [0.5, 0.6) is 5.75 Å². The van der Waals surface area contributed by atoms with Gasteiger partial charge >= 0.3 is 0 Å². The Hall–Kier alpha value is -1.80. The molecule has 0 spiro atoms. The fourth-order valence-corrected chi connectivity index (χ4v) is 2.24. The van der Waals surface area contributed by atoms with Gasteiger partial charge in [-0.05, 0) is 55.2 Å². The fourth-order valence-electron chi connectivity index (χ4n) is 2.24. The molecular formula is C17H20O2. The summed E-state index contributed by atoms with van der Waals surface area (Å²) in [5.74, 6) is 0.810. The van der Waals surface area contributed by atoms with E-state index < -0.39 is 6.10 Å². The van der Waals surface area contributed by atoms with Crippen molar-refractivity contribution in [3.63, 3.8) is 0 Å². The maximum Gasteiger partial charge on any atom is 0.119 e. The van der Waals surface area contributed by atoms with Gasteiger partial charge in [-0.1, -0.05) is 30.3 Å². The number of aryl methyl sites for hydroxylation is 3. The molecule has 0 aliphatic carbocycles. The molecule has 100 valence electrons. The molecule has 0 saturated heterocycles. The Kier molecular flexibility index (Phi) is 4.23. The van der Waals surface area contributed by atoms with Crippen LogP contribution in [0, 0.1) is 20.8 Å². The van der Waals surface area contributed by atoms with Gasteiger partial charge in [-0.25, -0.2) is 0 Å². The van der Waals surface area contributed by atoms with Gasteiger partial charge in [0.2, 0.25) is 0 Å². The highest BCUT2D eigenvalue weighted by atomic mass is 16.5. The van der Waals surface area contributed by atoms with Gasteiger partial charge in [-0.15, -0.1) is 0 Å². The topological polar surface area (TPSA) is 29.5 Å². The van der Waals surface area contributed by atoms with Crippen LogP contribution in [0.25, 0.3) is 0 Å². The third-order valence-corrected chi connectivity index (χ3v) is 3.15. The first-order chi connectivity index (χ1) is 9.06. The van der Waals surface area contributed by atoms with Crippen LogP contribution in [0.4, 0.5) is 0 Å². The lowest BCUT2D eigenvalue weighted by atomic mass is 10.0. The van der Waals surface area contributed by atoms with Gasteiger partial charge < -0.3 is 9.84 Å². The van der Waals surface area contributed by atoms with Crippen molar-refractivity contribution < 1.29 is 9.84 Å². The molecule has 0 fully saturated rings. The predicted molar refractivity (Wildman–Crippen MR) is 77.5 cm³/mol. The molecule has 0 aliphatic heterocycles. The summed E-state index contributed by atoms with van der Waals surface area (Å²) >= 11 is 0. The van der Waals surface area contributed by atoms with Crippen LogP contribution in [0.2, 0.25) is 0 Å². The number of rotatable bonds is 4. The van der Waals surface area contributed by atoms with Gasteiger partial charge in [0.05, 0.1) is 0 Å². The van der Waals surface area contributed by atoms with E-state index in [0.29, 0.717) is 0 Å². The largest absolute Gasteiger partial charge is 0.491 e. The Morgan fingerprint density at radius 2 is 1.63 bits per heavy atom. The molecule has 19 heavy (non-hydrogen) atoms. The van der Waals surface area contributed by atoms with Crippen LogP contribution < -0.4 is 4.74 Å². The van der Waals surface area contributed by atoms with Crippen molar-refractivity contribution in [2.75, 3.05) is 6.61 Å². The van der Waals surface area contributed by atoms with Crippen LogP contribution in [0.15, 0.2) is 42.5 Å². The van der Waals surface area contributed by atoms with Gasteiger partial charge in [0.15, 0.2) is 0 Å². The quantitative estimate of drug-likeness (QED) is 0.903. The minimum absolute atomic E-state index is 0.272. The van der Waals surface area contributed by atoms with Crippen molar-refractivity contribution in [3.05, 3.63) is 64.7 Å². The van der Waals surface area contributed by atoms with Crippen molar-refractivity contribution in [3.8, 4) is 5.75 Å². The van der Waals surface area contributed by atoms with Gasteiger partial charge in [-0.3, -0.25) is 0 Å². The minimum atomic E-state index is -0.595.